The molecule has 0 aliphatic heterocycles. The van der Waals surface area contributed by atoms with Gasteiger partial charge in [0.15, 0.2) is 4.80 Å². The molecule has 0 aliphatic carbocycles. The maximum absolute atomic E-state index is 5.31. The molecule has 0 bridgehead atoms. The molecule has 4 rings (SSSR count). The summed E-state index contributed by atoms with van der Waals surface area (Å²) in [6.07, 6.45) is 0.960. The lowest BCUT2D eigenvalue weighted by molar-refractivity contribution is 0.415. The molecule has 0 spiro atoms. The highest BCUT2D eigenvalue weighted by Crippen LogP contribution is 2.24. The monoisotopic (exact) mass is 480 g/mol. The zero-order chi connectivity index (χ0) is 20.1. The quantitative estimate of drug-likeness (QED) is 0.305. The van der Waals surface area contributed by atoms with Crippen LogP contribution in [-0.2, 0) is 13.0 Å². The molecule has 154 valence electrons. The Kier molecular flexibility index (Phi) is 7.66. The van der Waals surface area contributed by atoms with E-state index in [-0.39, 0.29) is 17.0 Å². The van der Waals surface area contributed by atoms with E-state index in [2.05, 4.69) is 83.6 Å². The number of halogens is 1. The smallest absolute Gasteiger partial charge is 0.190 e. The number of methoxy groups -OCH3 is 1. The molecular weight excluding hydrogens is 456 g/mol. The largest absolute Gasteiger partial charge is 0.497 e. The van der Waals surface area contributed by atoms with Gasteiger partial charge in [0.1, 0.15) is 5.75 Å². The SMILES string of the molecule is Br.COc1ccc(-c2csc(=Nc3cccc(C)c3)n2CCc2ccccc2)cc1. The molecule has 0 N–H and O–H groups in total. The van der Waals surface area contributed by atoms with Crippen LogP contribution in [0.2, 0.25) is 0 Å². The van der Waals surface area contributed by atoms with Gasteiger partial charge < -0.3 is 9.30 Å². The topological polar surface area (TPSA) is 26.5 Å². The van der Waals surface area contributed by atoms with Crippen LogP contribution in [-0.4, -0.2) is 11.7 Å². The fraction of sp³-hybridized carbons (Fsp3) is 0.160. The summed E-state index contributed by atoms with van der Waals surface area (Å²) in [4.78, 5) is 5.96. The maximum atomic E-state index is 5.31. The van der Waals surface area contributed by atoms with E-state index in [9.17, 15) is 0 Å². The Bertz CT molecular complexity index is 1150. The standard InChI is InChI=1S/C25H24N2OS.BrH/c1-19-7-6-10-22(17-19)26-25-27(16-15-20-8-4-3-5-9-20)24(18-29-25)21-11-13-23(28-2)14-12-21;/h3-14,17-18H,15-16H2,1-2H3;1H. The van der Waals surface area contributed by atoms with Crippen LogP contribution in [0, 0.1) is 6.92 Å². The number of hydrogen-bond donors (Lipinski definition) is 0. The third-order valence-corrected chi connectivity index (χ3v) is 5.74. The van der Waals surface area contributed by atoms with Crippen LogP contribution in [0.5, 0.6) is 5.75 Å². The van der Waals surface area contributed by atoms with Gasteiger partial charge in [0.25, 0.3) is 0 Å². The Morgan fingerprint density at radius 2 is 1.70 bits per heavy atom. The van der Waals surface area contributed by atoms with E-state index >= 15 is 0 Å². The summed E-state index contributed by atoms with van der Waals surface area (Å²) in [6.45, 7) is 2.97. The average Bonchev–Trinajstić information content (AvgIpc) is 3.15. The molecule has 3 nitrogen and oxygen atoms in total. The Labute approximate surface area is 192 Å². The summed E-state index contributed by atoms with van der Waals surface area (Å²) in [5.74, 6) is 0.865. The van der Waals surface area contributed by atoms with E-state index < -0.39 is 0 Å². The number of aromatic nitrogens is 1. The molecule has 0 radical (unpaired) electrons. The molecule has 0 fully saturated rings. The summed E-state index contributed by atoms with van der Waals surface area (Å²) < 4.78 is 7.63. The second kappa shape index (κ2) is 10.4. The highest BCUT2D eigenvalue weighted by molar-refractivity contribution is 8.93. The summed E-state index contributed by atoms with van der Waals surface area (Å²) in [5.41, 5.74) is 5.88. The van der Waals surface area contributed by atoms with Gasteiger partial charge in [-0.3, -0.25) is 0 Å². The normalized spacial score (nSPS) is 11.2. The van der Waals surface area contributed by atoms with Crippen LogP contribution in [0.15, 0.2) is 89.2 Å². The lowest BCUT2D eigenvalue weighted by atomic mass is 10.1. The first kappa shape index (κ1) is 22.1. The molecule has 0 aliphatic rings. The molecule has 1 heterocycles. The number of ether oxygens (including phenoxy) is 1. The van der Waals surface area contributed by atoms with E-state index in [1.165, 1.54) is 22.4 Å². The van der Waals surface area contributed by atoms with Gasteiger partial charge in [0, 0.05) is 11.9 Å². The van der Waals surface area contributed by atoms with Gasteiger partial charge in [-0.15, -0.1) is 28.3 Å². The van der Waals surface area contributed by atoms with Crippen LogP contribution >= 0.6 is 28.3 Å². The summed E-state index contributed by atoms with van der Waals surface area (Å²) in [6, 6.07) is 27.2. The van der Waals surface area contributed by atoms with Gasteiger partial charge in [0.2, 0.25) is 0 Å². The predicted molar refractivity (Wildman–Crippen MR) is 131 cm³/mol. The number of benzene rings is 3. The Hall–Kier alpha value is -2.63. The number of aryl methyl sites for hydroxylation is 2. The lowest BCUT2D eigenvalue weighted by Crippen LogP contribution is -2.17. The van der Waals surface area contributed by atoms with Crippen LogP contribution in [0.3, 0.4) is 0 Å². The second-order valence-corrected chi connectivity index (χ2v) is 7.81. The highest BCUT2D eigenvalue weighted by Gasteiger charge is 2.09. The number of hydrogen-bond acceptors (Lipinski definition) is 3. The zero-order valence-corrected chi connectivity index (χ0v) is 19.6. The first-order valence-corrected chi connectivity index (χ1v) is 10.6. The van der Waals surface area contributed by atoms with Gasteiger partial charge >= 0.3 is 0 Å². The zero-order valence-electron chi connectivity index (χ0n) is 17.1. The van der Waals surface area contributed by atoms with Crippen LogP contribution in [0.25, 0.3) is 11.3 Å². The third-order valence-electron chi connectivity index (χ3n) is 4.88. The van der Waals surface area contributed by atoms with Crippen molar-refractivity contribution >= 4 is 34.0 Å². The number of nitrogens with zero attached hydrogens (tertiary/aromatic N) is 2. The minimum absolute atomic E-state index is 0. The Balaban J connectivity index is 0.00000256. The summed E-state index contributed by atoms with van der Waals surface area (Å²) in [7, 11) is 1.69. The van der Waals surface area contributed by atoms with Gasteiger partial charge in [-0.1, -0.05) is 42.5 Å². The first-order chi connectivity index (χ1) is 14.2. The minimum atomic E-state index is 0. The van der Waals surface area contributed by atoms with Gasteiger partial charge in [-0.25, -0.2) is 4.99 Å². The molecule has 0 unspecified atom stereocenters. The lowest BCUT2D eigenvalue weighted by Gasteiger charge is -2.10. The van der Waals surface area contributed by atoms with Gasteiger partial charge in [0.05, 0.1) is 18.5 Å². The Morgan fingerprint density at radius 3 is 2.40 bits per heavy atom. The van der Waals surface area contributed by atoms with E-state index in [1.54, 1.807) is 18.4 Å². The number of rotatable bonds is 6. The average molecular weight is 481 g/mol. The molecule has 0 atom stereocenters. The molecule has 0 saturated carbocycles. The minimum Gasteiger partial charge on any atom is -0.497 e. The Morgan fingerprint density at radius 1 is 0.933 bits per heavy atom. The highest BCUT2D eigenvalue weighted by atomic mass is 79.9. The molecule has 0 saturated heterocycles. The van der Waals surface area contributed by atoms with Crippen molar-refractivity contribution in [1.82, 2.24) is 4.57 Å². The van der Waals surface area contributed by atoms with Crippen molar-refractivity contribution in [2.45, 2.75) is 19.9 Å². The van der Waals surface area contributed by atoms with Crippen molar-refractivity contribution < 1.29 is 4.74 Å². The van der Waals surface area contributed by atoms with Crippen molar-refractivity contribution in [3.8, 4) is 17.0 Å². The molecule has 1 aromatic heterocycles. The predicted octanol–water partition coefficient (Wildman–Crippen LogP) is 6.59. The molecule has 5 heteroatoms. The molecule has 0 amide bonds. The van der Waals surface area contributed by atoms with Crippen LogP contribution < -0.4 is 9.54 Å². The van der Waals surface area contributed by atoms with Crippen LogP contribution in [0.1, 0.15) is 11.1 Å². The van der Waals surface area contributed by atoms with Gasteiger partial charge in [-0.2, -0.15) is 0 Å². The molecule has 4 aromatic rings. The third kappa shape index (κ3) is 5.29. The van der Waals surface area contributed by atoms with E-state index in [0.29, 0.717) is 0 Å². The summed E-state index contributed by atoms with van der Waals surface area (Å²) >= 11 is 1.68. The van der Waals surface area contributed by atoms with Crippen molar-refractivity contribution in [3.05, 3.63) is 100 Å². The van der Waals surface area contributed by atoms with Crippen molar-refractivity contribution in [1.29, 1.82) is 0 Å². The molecule has 3 aromatic carbocycles. The summed E-state index contributed by atoms with van der Waals surface area (Å²) in [5, 5.41) is 2.20. The van der Waals surface area contributed by atoms with Crippen molar-refractivity contribution in [3.63, 3.8) is 0 Å². The first-order valence-electron chi connectivity index (χ1n) is 9.71. The second-order valence-electron chi connectivity index (χ2n) is 6.97. The fourth-order valence-electron chi connectivity index (χ4n) is 3.32. The number of thiazole rings is 1. The van der Waals surface area contributed by atoms with Crippen molar-refractivity contribution in [2.24, 2.45) is 4.99 Å². The van der Waals surface area contributed by atoms with E-state index in [4.69, 9.17) is 9.73 Å². The fourth-order valence-corrected chi connectivity index (χ4v) is 4.28. The molecular formula is C25H25BrN2OS. The van der Waals surface area contributed by atoms with E-state index in [0.717, 1.165) is 29.2 Å². The molecule has 30 heavy (non-hydrogen) atoms. The van der Waals surface area contributed by atoms with Crippen LogP contribution in [0.4, 0.5) is 5.69 Å². The maximum Gasteiger partial charge on any atom is 0.190 e. The van der Waals surface area contributed by atoms with Gasteiger partial charge in [-0.05, 0) is 66.4 Å². The van der Waals surface area contributed by atoms with E-state index in [1.807, 2.05) is 12.1 Å². The van der Waals surface area contributed by atoms with Crippen molar-refractivity contribution in [2.75, 3.05) is 7.11 Å².